The average molecular weight is 265 g/mol. The van der Waals surface area contributed by atoms with Gasteiger partial charge in [-0.1, -0.05) is 0 Å². The highest BCUT2D eigenvalue weighted by Crippen LogP contribution is 2.22. The zero-order chi connectivity index (χ0) is 10.7. The number of benzene rings is 1. The lowest BCUT2D eigenvalue weighted by atomic mass is 10.2. The molecule has 5 heteroatoms. The first kappa shape index (κ1) is 11.1. The second-order valence-corrected chi connectivity index (χ2v) is 3.32. The van der Waals surface area contributed by atoms with E-state index in [1.165, 1.54) is 0 Å². The fourth-order valence-corrected chi connectivity index (χ4v) is 1.51. The molecule has 14 heavy (non-hydrogen) atoms. The van der Waals surface area contributed by atoms with Gasteiger partial charge < -0.3 is 4.74 Å². The number of esters is 1. The Kier molecular flexibility index (Phi) is 3.57. The highest BCUT2D eigenvalue weighted by atomic mass is 79.9. The van der Waals surface area contributed by atoms with E-state index in [2.05, 4.69) is 20.7 Å². The van der Waals surface area contributed by atoms with Gasteiger partial charge in [0.15, 0.2) is 0 Å². The summed E-state index contributed by atoms with van der Waals surface area (Å²) in [6.45, 7) is 1.75. The van der Waals surface area contributed by atoms with Crippen molar-refractivity contribution in [2.24, 2.45) is 0 Å². The van der Waals surface area contributed by atoms with Gasteiger partial charge in [0.1, 0.15) is 17.2 Å². The zero-order valence-corrected chi connectivity index (χ0v) is 8.90. The van der Waals surface area contributed by atoms with Crippen molar-refractivity contribution in [2.45, 2.75) is 6.92 Å². The van der Waals surface area contributed by atoms with E-state index in [0.717, 1.165) is 6.07 Å². The van der Waals surface area contributed by atoms with Crippen LogP contribution in [0.4, 0.5) is 8.78 Å². The van der Waals surface area contributed by atoms with Crippen LogP contribution in [-0.2, 0) is 4.74 Å². The SMILES string of the molecule is CCOC(=O)c1c(F)cc(F)cc1Br. The van der Waals surface area contributed by atoms with Gasteiger partial charge >= 0.3 is 5.97 Å². The van der Waals surface area contributed by atoms with Crippen molar-refractivity contribution in [1.82, 2.24) is 0 Å². The monoisotopic (exact) mass is 264 g/mol. The first-order valence-corrected chi connectivity index (χ1v) is 4.67. The molecule has 0 amide bonds. The van der Waals surface area contributed by atoms with Gasteiger partial charge in [-0.05, 0) is 28.9 Å². The highest BCUT2D eigenvalue weighted by Gasteiger charge is 2.17. The Labute approximate surface area is 88.0 Å². The molecule has 0 saturated heterocycles. The summed E-state index contributed by atoms with van der Waals surface area (Å²) in [7, 11) is 0. The number of hydrogen-bond donors (Lipinski definition) is 0. The molecule has 0 N–H and O–H groups in total. The fourth-order valence-electron chi connectivity index (χ4n) is 0.940. The lowest BCUT2D eigenvalue weighted by Crippen LogP contribution is -2.08. The molecule has 2 nitrogen and oxygen atoms in total. The van der Waals surface area contributed by atoms with E-state index in [9.17, 15) is 13.6 Å². The number of rotatable bonds is 2. The lowest BCUT2D eigenvalue weighted by molar-refractivity contribution is 0.0520. The molecule has 0 aliphatic carbocycles. The summed E-state index contributed by atoms with van der Waals surface area (Å²) in [5.41, 5.74) is -0.284. The summed E-state index contributed by atoms with van der Waals surface area (Å²) in [5.74, 6) is -2.49. The Balaban J connectivity index is 3.14. The predicted molar refractivity (Wildman–Crippen MR) is 50.0 cm³/mol. The molecule has 0 atom stereocenters. The van der Waals surface area contributed by atoms with Gasteiger partial charge in [0.2, 0.25) is 0 Å². The summed E-state index contributed by atoms with van der Waals surface area (Å²) >= 11 is 2.89. The zero-order valence-electron chi connectivity index (χ0n) is 7.31. The van der Waals surface area contributed by atoms with Crippen LogP contribution in [0, 0.1) is 11.6 Å². The molecule has 1 aromatic carbocycles. The van der Waals surface area contributed by atoms with Gasteiger partial charge in [-0.2, -0.15) is 0 Å². The van der Waals surface area contributed by atoms with Gasteiger partial charge in [-0.3, -0.25) is 0 Å². The van der Waals surface area contributed by atoms with Crippen molar-refractivity contribution >= 4 is 21.9 Å². The predicted octanol–water partition coefficient (Wildman–Crippen LogP) is 2.90. The molecule has 0 aliphatic rings. The van der Waals surface area contributed by atoms with E-state index in [4.69, 9.17) is 0 Å². The van der Waals surface area contributed by atoms with E-state index < -0.39 is 17.6 Å². The summed E-state index contributed by atoms with van der Waals surface area (Å²) < 4.78 is 30.4. The molecule has 0 aromatic heterocycles. The smallest absolute Gasteiger partial charge is 0.342 e. The summed E-state index contributed by atoms with van der Waals surface area (Å²) in [4.78, 5) is 11.2. The van der Waals surface area contributed by atoms with Crippen molar-refractivity contribution < 1.29 is 18.3 Å². The minimum Gasteiger partial charge on any atom is -0.462 e. The third-order valence-electron chi connectivity index (χ3n) is 1.49. The Morgan fingerprint density at radius 1 is 1.50 bits per heavy atom. The molecular weight excluding hydrogens is 258 g/mol. The molecule has 0 aliphatic heterocycles. The molecule has 0 saturated carbocycles. The van der Waals surface area contributed by atoms with Gasteiger partial charge in [0, 0.05) is 10.5 Å². The third-order valence-corrected chi connectivity index (χ3v) is 2.11. The minimum absolute atomic E-state index is 0.0495. The molecule has 0 spiro atoms. The third kappa shape index (κ3) is 2.29. The maximum Gasteiger partial charge on any atom is 0.342 e. The molecule has 0 radical (unpaired) electrons. The van der Waals surface area contributed by atoms with E-state index in [0.29, 0.717) is 6.07 Å². The minimum atomic E-state index is -0.935. The van der Waals surface area contributed by atoms with Crippen molar-refractivity contribution in [3.8, 4) is 0 Å². The molecule has 0 bridgehead atoms. The number of halogens is 3. The van der Waals surface area contributed by atoms with Gasteiger partial charge in [-0.15, -0.1) is 0 Å². The summed E-state index contributed by atoms with van der Waals surface area (Å²) in [6, 6.07) is 1.65. The maximum atomic E-state index is 13.1. The largest absolute Gasteiger partial charge is 0.462 e. The second kappa shape index (κ2) is 4.50. The van der Waals surface area contributed by atoms with Gasteiger partial charge in [0.25, 0.3) is 0 Å². The Bertz CT molecular complexity index is 343. The molecule has 1 aromatic rings. The van der Waals surface area contributed by atoms with E-state index in [1.807, 2.05) is 0 Å². The summed E-state index contributed by atoms with van der Waals surface area (Å²) in [5, 5.41) is 0. The van der Waals surface area contributed by atoms with Crippen LogP contribution in [0.3, 0.4) is 0 Å². The van der Waals surface area contributed by atoms with Gasteiger partial charge in [0.05, 0.1) is 6.61 Å². The number of carbonyl (C=O) groups excluding carboxylic acids is 1. The van der Waals surface area contributed by atoms with Crippen LogP contribution in [0.25, 0.3) is 0 Å². The average Bonchev–Trinajstić information content (AvgIpc) is 2.01. The molecule has 0 fully saturated rings. The molecular formula is C9H7BrF2O2. The van der Waals surface area contributed by atoms with Crippen LogP contribution < -0.4 is 0 Å². The van der Waals surface area contributed by atoms with Crippen LogP contribution in [0.5, 0.6) is 0 Å². The van der Waals surface area contributed by atoms with Crippen LogP contribution in [0.1, 0.15) is 17.3 Å². The maximum absolute atomic E-state index is 13.1. The second-order valence-electron chi connectivity index (χ2n) is 2.46. The first-order valence-electron chi connectivity index (χ1n) is 3.88. The van der Waals surface area contributed by atoms with Crippen molar-refractivity contribution in [1.29, 1.82) is 0 Å². The van der Waals surface area contributed by atoms with Crippen LogP contribution in [0.15, 0.2) is 16.6 Å². The Hall–Kier alpha value is -0.970. The van der Waals surface area contributed by atoms with Crippen LogP contribution in [0.2, 0.25) is 0 Å². The number of ether oxygens (including phenoxy) is 1. The van der Waals surface area contributed by atoms with Crippen molar-refractivity contribution in [3.05, 3.63) is 33.8 Å². The van der Waals surface area contributed by atoms with Crippen molar-refractivity contribution in [2.75, 3.05) is 6.61 Å². The van der Waals surface area contributed by atoms with Crippen LogP contribution in [-0.4, -0.2) is 12.6 Å². The highest BCUT2D eigenvalue weighted by molar-refractivity contribution is 9.10. The van der Waals surface area contributed by atoms with E-state index >= 15 is 0 Å². The standard InChI is InChI=1S/C9H7BrF2O2/c1-2-14-9(13)8-6(10)3-5(11)4-7(8)12/h3-4H,2H2,1H3. The molecule has 0 heterocycles. The lowest BCUT2D eigenvalue weighted by Gasteiger charge is -2.05. The number of carbonyl (C=O) groups is 1. The van der Waals surface area contributed by atoms with Crippen LogP contribution >= 0.6 is 15.9 Å². The fraction of sp³-hybridized carbons (Fsp3) is 0.222. The molecule has 1 rings (SSSR count). The normalized spacial score (nSPS) is 10.0. The van der Waals surface area contributed by atoms with E-state index in [-0.39, 0.29) is 16.6 Å². The van der Waals surface area contributed by atoms with Gasteiger partial charge in [-0.25, -0.2) is 13.6 Å². The van der Waals surface area contributed by atoms with E-state index in [1.54, 1.807) is 6.92 Å². The Morgan fingerprint density at radius 2 is 2.14 bits per heavy atom. The molecule has 76 valence electrons. The molecule has 0 unspecified atom stereocenters. The van der Waals surface area contributed by atoms with Crippen molar-refractivity contribution in [3.63, 3.8) is 0 Å². The number of hydrogen-bond acceptors (Lipinski definition) is 2. The topological polar surface area (TPSA) is 26.3 Å². The summed E-state index contributed by atoms with van der Waals surface area (Å²) in [6.07, 6.45) is 0. The Morgan fingerprint density at radius 3 is 2.64 bits per heavy atom. The first-order chi connectivity index (χ1) is 6.56. The quantitative estimate of drug-likeness (QED) is 0.768.